The monoisotopic (exact) mass is 1790 g/mol. The summed E-state index contributed by atoms with van der Waals surface area (Å²) in [5.41, 5.74) is 21.8. The lowest BCUT2D eigenvalue weighted by Crippen LogP contribution is -2.41. The molecular weight excluding hydrogens is 1640 g/mol. The van der Waals surface area contributed by atoms with Crippen LogP contribution in [0.3, 0.4) is 0 Å². The molecule has 0 amide bonds. The molecule has 0 saturated carbocycles. The van der Waals surface area contributed by atoms with Crippen molar-refractivity contribution in [3.05, 3.63) is 197 Å². The molecule has 6 aromatic heterocycles. The van der Waals surface area contributed by atoms with Gasteiger partial charge in [-0.25, -0.2) is 19.9 Å². The zero-order chi connectivity index (χ0) is 91.8. The van der Waals surface area contributed by atoms with Crippen molar-refractivity contribution in [3.63, 3.8) is 0 Å². The van der Waals surface area contributed by atoms with Gasteiger partial charge in [-0.15, -0.1) is 0 Å². The number of aromatic amines is 4. The maximum absolute atomic E-state index is 7.09. The van der Waals surface area contributed by atoms with Gasteiger partial charge in [0.1, 0.15) is 23.0 Å². The number of aromatic nitrogens is 8. The lowest BCUT2D eigenvalue weighted by Gasteiger charge is -2.32. The normalized spacial score (nSPS) is 13.6. The maximum atomic E-state index is 7.09. The van der Waals surface area contributed by atoms with E-state index in [-0.39, 0.29) is 0 Å². The molecule has 10 aromatic rings. The van der Waals surface area contributed by atoms with E-state index in [1.54, 1.807) is 0 Å². The third-order valence-electron chi connectivity index (χ3n) is 27.7. The Labute approximate surface area is 794 Å². The minimum atomic E-state index is -0.779. The Morgan fingerprint density at radius 1 is 0.241 bits per heavy atom. The van der Waals surface area contributed by atoms with Crippen LogP contribution >= 0.6 is 0 Å². The lowest BCUT2D eigenvalue weighted by molar-refractivity contribution is 0.00578. The highest BCUT2D eigenvalue weighted by Crippen LogP contribution is 2.45. The number of nitrogens with zero attached hydrogens (tertiary/aromatic N) is 4. The van der Waals surface area contributed by atoms with Gasteiger partial charge in [-0.05, 0) is 227 Å². The summed E-state index contributed by atoms with van der Waals surface area (Å²) in [7, 11) is -0.779. The van der Waals surface area contributed by atoms with Crippen molar-refractivity contribution in [2.24, 2.45) is 0 Å². The third kappa shape index (κ3) is 26.3. The molecule has 1 saturated heterocycles. The Kier molecular flexibility index (Phi) is 36.0. The van der Waals surface area contributed by atoms with Crippen LogP contribution < -0.4 is 24.4 Å². The van der Waals surface area contributed by atoms with Crippen LogP contribution in [0.2, 0.25) is 0 Å². The number of benzene rings is 4. The van der Waals surface area contributed by atoms with Crippen LogP contribution in [-0.4, -0.2) is 84.6 Å². The fourth-order valence-corrected chi connectivity index (χ4v) is 19.3. The van der Waals surface area contributed by atoms with E-state index in [4.69, 9.17) is 48.2 Å². The van der Waals surface area contributed by atoms with Crippen LogP contribution in [0.4, 0.5) is 0 Å². The summed E-state index contributed by atoms with van der Waals surface area (Å²) >= 11 is 0. The zero-order valence-electron chi connectivity index (χ0n) is 81.5. The molecule has 14 nitrogen and oxygen atoms in total. The molecule has 5 aliphatic heterocycles. The van der Waals surface area contributed by atoms with Crippen molar-refractivity contribution in [2.75, 3.05) is 26.4 Å². The fraction of sp³-hybridized carbons (Fsp3) is 0.458. The molecule has 0 unspecified atom stereocenters. The molecule has 0 aliphatic carbocycles. The quantitative estimate of drug-likeness (QED) is 0.0213. The summed E-state index contributed by atoms with van der Waals surface area (Å²) < 4.78 is 40.4. The van der Waals surface area contributed by atoms with Gasteiger partial charge in [0, 0.05) is 83.0 Å². The van der Waals surface area contributed by atoms with E-state index in [0.29, 0.717) is 26.4 Å². The lowest BCUT2D eigenvalue weighted by atomic mass is 9.77. The van der Waals surface area contributed by atoms with Crippen molar-refractivity contribution < 1.29 is 28.3 Å². The highest BCUT2D eigenvalue weighted by molar-refractivity contribution is 6.65. The molecule has 15 rings (SSSR count). The van der Waals surface area contributed by atoms with E-state index in [1.807, 2.05) is 0 Å². The van der Waals surface area contributed by atoms with Crippen LogP contribution in [0.15, 0.2) is 152 Å². The predicted octanol–water partition coefficient (Wildman–Crippen LogP) is 33.5. The highest BCUT2D eigenvalue weighted by Gasteiger charge is 2.53. The van der Waals surface area contributed by atoms with E-state index < -0.39 is 18.3 Å². The van der Waals surface area contributed by atoms with Gasteiger partial charge in [-0.3, -0.25) is 0 Å². The second-order valence-electron chi connectivity index (χ2n) is 38.7. The topological polar surface area (TPSA) is 170 Å². The Hall–Kier alpha value is -10.7. The minimum Gasteiger partial charge on any atom is -0.494 e. The van der Waals surface area contributed by atoms with Gasteiger partial charge in [0.25, 0.3) is 0 Å². The standard InChI is InChI=1S/C118H149BN8O6/c1-9-13-17-21-25-29-33-37-41-45-81-128-92-59-49-86(50-60-92)110-96-67-57-90(120-96)85-91-58-68-97(121-91)111(87-51-61-93(62-52-87)129-82-46-42-38-34-30-26-22-18-14-10-2)99-70-74-105(123-99)114(104-73-69-98(110)122-104)115-106-75-71-100(124-106)112(88-53-63-94(64-54-88)130-83-47-43-39-35-31-27-23-19-15-11-3)102-77-79-108(126-102)116(119-132-117(5,6)118(7,8)133-119)109-80-78-103(127-109)113(101-72-76-107(115)125-101)89-55-65-95(66-56-89)131-84-48-44-40-36-32-28-24-20-16-12-4/h49-80,85,120,123-124,127H,9-48,81-84H2,1-8H3. The molecule has 700 valence electrons. The van der Waals surface area contributed by atoms with Gasteiger partial charge in [0.15, 0.2) is 0 Å². The Bertz CT molecular complexity index is 5730. The molecule has 1 fully saturated rings. The number of hydrogen-bond donors (Lipinski definition) is 4. The first kappa shape index (κ1) is 96.8. The van der Waals surface area contributed by atoms with Crippen molar-refractivity contribution >= 4 is 105 Å². The van der Waals surface area contributed by atoms with Crippen LogP contribution in [-0.2, 0) is 9.31 Å². The average molecular weight is 1790 g/mol. The number of hydrogen-bond acceptors (Lipinski definition) is 10. The summed E-state index contributed by atoms with van der Waals surface area (Å²) in [5.74, 6) is 3.37. The van der Waals surface area contributed by atoms with Crippen molar-refractivity contribution in [2.45, 2.75) is 323 Å². The molecule has 4 N–H and O–H groups in total. The zero-order valence-corrected chi connectivity index (χ0v) is 81.5. The molecule has 0 atom stereocenters. The molecule has 133 heavy (non-hydrogen) atoms. The summed E-state index contributed by atoms with van der Waals surface area (Å²) in [6, 6.07) is 54.0. The average Bonchev–Trinajstić information content (AvgIpc) is 1.60. The number of unbranched alkanes of at least 4 members (excludes halogenated alkanes) is 36. The van der Waals surface area contributed by atoms with Crippen LogP contribution in [0.25, 0.3) is 148 Å². The van der Waals surface area contributed by atoms with Gasteiger partial charge in [-0.1, -0.05) is 307 Å². The van der Waals surface area contributed by atoms with Gasteiger partial charge in [0.2, 0.25) is 0 Å². The second kappa shape index (κ2) is 49.5. The molecule has 0 radical (unpaired) electrons. The van der Waals surface area contributed by atoms with E-state index in [9.17, 15) is 0 Å². The van der Waals surface area contributed by atoms with E-state index >= 15 is 0 Å². The van der Waals surface area contributed by atoms with E-state index in [0.717, 1.165) is 212 Å². The second-order valence-corrected chi connectivity index (χ2v) is 38.7. The summed E-state index contributed by atoms with van der Waals surface area (Å²) in [4.78, 5) is 39.3. The van der Waals surface area contributed by atoms with Crippen molar-refractivity contribution in [1.82, 2.24) is 39.9 Å². The Balaban J connectivity index is 0.893. The van der Waals surface area contributed by atoms with Crippen LogP contribution in [0, 0.1) is 0 Å². The van der Waals surface area contributed by atoms with Crippen LogP contribution in [0.1, 0.15) is 358 Å². The first-order valence-electron chi connectivity index (χ1n) is 51.9. The molecule has 15 heteroatoms. The first-order valence-corrected chi connectivity index (χ1v) is 51.9. The molecule has 4 aromatic carbocycles. The fourth-order valence-electron chi connectivity index (χ4n) is 19.3. The summed E-state index contributed by atoms with van der Waals surface area (Å²) in [6.45, 7) is 20.3. The molecule has 5 aliphatic rings. The number of H-pyrrole nitrogens is 4. The molecule has 0 spiro atoms. The third-order valence-corrected chi connectivity index (χ3v) is 27.7. The highest BCUT2D eigenvalue weighted by atomic mass is 16.7. The Morgan fingerprint density at radius 3 is 0.789 bits per heavy atom. The molecule has 16 bridgehead atoms. The molecular formula is C118H149BN8O6. The van der Waals surface area contributed by atoms with Gasteiger partial charge >= 0.3 is 7.12 Å². The van der Waals surface area contributed by atoms with E-state index in [2.05, 4.69) is 276 Å². The largest absolute Gasteiger partial charge is 0.499 e. The number of fused-ring (bicyclic) bond motifs is 16. The summed E-state index contributed by atoms with van der Waals surface area (Å²) in [6.07, 6.45) is 68.1. The summed E-state index contributed by atoms with van der Waals surface area (Å²) in [5, 5.41) is 0. The number of nitrogens with one attached hydrogen (secondary N) is 4. The SMILES string of the molecule is CCCCCCCCCCCCOc1ccc(-c2c3nc(c(-c4c5nc(c(-c6ccc(OCCCCCCCCCCCC)cc6)c6ccc([nH]6)c(B6OC(C)(C)C(C)(C)O6)c6nc(c(-c7ccc(OCCCCCCCCCCCC)cc7)c7ccc4[nH]7)C=C6)C=C5)c4ccc([nH]4)c(-c4ccc(OCCCCCCCCCCCC)cc4)c4nc(cc5ccc2[nH]5)C=C4)C=C3)cc1. The predicted molar refractivity (Wildman–Crippen MR) is 564 cm³/mol. The van der Waals surface area contributed by atoms with Crippen molar-refractivity contribution in [1.29, 1.82) is 0 Å². The smallest absolute Gasteiger partial charge is 0.494 e. The number of ether oxygens (including phenoxy) is 4. The van der Waals surface area contributed by atoms with Gasteiger partial charge < -0.3 is 48.2 Å². The maximum Gasteiger partial charge on any atom is 0.499 e. The van der Waals surface area contributed by atoms with Crippen LogP contribution in [0.5, 0.6) is 23.0 Å². The van der Waals surface area contributed by atoms with E-state index in [1.165, 1.54) is 218 Å². The number of rotatable bonds is 54. The van der Waals surface area contributed by atoms with Gasteiger partial charge in [-0.2, -0.15) is 0 Å². The minimum absolute atomic E-state index is 0.652. The first-order chi connectivity index (χ1) is 65.3. The Morgan fingerprint density at radius 2 is 0.474 bits per heavy atom. The van der Waals surface area contributed by atoms with Crippen molar-refractivity contribution in [3.8, 4) is 78.6 Å². The van der Waals surface area contributed by atoms with Gasteiger partial charge in [0.05, 0.1) is 83.2 Å². The molecule has 11 heterocycles.